The molecule has 6 nitrogen and oxygen atoms in total. The van der Waals surface area contributed by atoms with Crippen molar-refractivity contribution in [2.75, 3.05) is 5.32 Å². The van der Waals surface area contributed by atoms with Crippen LogP contribution in [-0.4, -0.2) is 24.0 Å². The summed E-state index contributed by atoms with van der Waals surface area (Å²) >= 11 is 0. The van der Waals surface area contributed by atoms with Gasteiger partial charge in [-0.15, -0.1) is 0 Å². The lowest BCUT2D eigenvalue weighted by molar-refractivity contribution is -0.125. The molecule has 0 heterocycles. The van der Waals surface area contributed by atoms with Crippen molar-refractivity contribution in [3.05, 3.63) is 29.8 Å². The van der Waals surface area contributed by atoms with E-state index >= 15 is 0 Å². The highest BCUT2D eigenvalue weighted by Gasteiger charge is 2.28. The van der Waals surface area contributed by atoms with Gasteiger partial charge in [0.25, 0.3) is 0 Å². The zero-order valence-electron chi connectivity index (χ0n) is 14.8. The first-order chi connectivity index (χ1) is 11.2. The molecule has 0 aliphatic heterocycles. The first-order valence-corrected chi connectivity index (χ1v) is 8.40. The molecule has 3 amide bonds. The van der Waals surface area contributed by atoms with E-state index in [2.05, 4.69) is 16.0 Å². The number of nitrogens with one attached hydrogen (secondary N) is 3. The molecule has 2 rings (SSSR count). The van der Waals surface area contributed by atoms with Gasteiger partial charge in [-0.05, 0) is 42.9 Å². The van der Waals surface area contributed by atoms with Crippen molar-refractivity contribution in [3.63, 3.8) is 0 Å². The van der Waals surface area contributed by atoms with Gasteiger partial charge in [-0.2, -0.15) is 0 Å². The van der Waals surface area contributed by atoms with Crippen LogP contribution in [-0.2, 0) is 4.79 Å². The standard InChI is InChI=1S/C18H28N4O2/c1-11(20-16(23)15(19)18(2,3)4)12-5-7-13(8-6-12)21-17(24)22-14-9-10-14/h5-8,11,14-15H,9-10,19H2,1-4H3,(H,20,23)(H2,21,22,24)/t11?,15-/m1/s1. The zero-order valence-corrected chi connectivity index (χ0v) is 14.8. The largest absolute Gasteiger partial charge is 0.348 e. The summed E-state index contributed by atoms with van der Waals surface area (Å²) in [6.45, 7) is 7.73. The third-order valence-electron chi connectivity index (χ3n) is 4.16. The quantitative estimate of drug-likeness (QED) is 0.667. The SMILES string of the molecule is CC(NC(=O)[C@@H](N)C(C)(C)C)c1ccc(NC(=O)NC2CC2)cc1. The van der Waals surface area contributed by atoms with Crippen molar-refractivity contribution >= 4 is 17.6 Å². The van der Waals surface area contributed by atoms with Gasteiger partial charge in [0.05, 0.1) is 12.1 Å². The normalized spacial score (nSPS) is 16.9. The van der Waals surface area contributed by atoms with Crippen molar-refractivity contribution in [3.8, 4) is 0 Å². The molecule has 1 aliphatic rings. The summed E-state index contributed by atoms with van der Waals surface area (Å²) in [6.07, 6.45) is 2.11. The number of hydrogen-bond donors (Lipinski definition) is 4. The van der Waals surface area contributed by atoms with Crippen molar-refractivity contribution in [1.82, 2.24) is 10.6 Å². The molecular formula is C18H28N4O2. The lowest BCUT2D eigenvalue weighted by atomic mass is 9.86. The average molecular weight is 332 g/mol. The number of hydrogen-bond acceptors (Lipinski definition) is 3. The molecule has 0 spiro atoms. The number of benzene rings is 1. The van der Waals surface area contributed by atoms with Crippen LogP contribution in [0.1, 0.15) is 52.1 Å². The summed E-state index contributed by atoms with van der Waals surface area (Å²) < 4.78 is 0. The number of carbonyl (C=O) groups excluding carboxylic acids is 2. The Balaban J connectivity index is 1.89. The van der Waals surface area contributed by atoms with E-state index in [0.717, 1.165) is 24.1 Å². The number of amides is 3. The minimum Gasteiger partial charge on any atom is -0.348 e. The van der Waals surface area contributed by atoms with E-state index in [-0.39, 0.29) is 23.4 Å². The first kappa shape index (κ1) is 18.3. The van der Waals surface area contributed by atoms with Crippen LogP contribution >= 0.6 is 0 Å². The molecule has 1 aliphatic carbocycles. The maximum atomic E-state index is 12.2. The second-order valence-electron chi connectivity index (χ2n) is 7.57. The van der Waals surface area contributed by atoms with E-state index in [0.29, 0.717) is 6.04 Å². The Hall–Kier alpha value is -2.08. The maximum Gasteiger partial charge on any atom is 0.319 e. The molecule has 24 heavy (non-hydrogen) atoms. The Morgan fingerprint density at radius 1 is 1.17 bits per heavy atom. The van der Waals surface area contributed by atoms with Crippen molar-refractivity contribution in [2.24, 2.45) is 11.1 Å². The molecule has 1 fully saturated rings. The average Bonchev–Trinajstić information content (AvgIpc) is 3.29. The van der Waals surface area contributed by atoms with E-state index in [9.17, 15) is 9.59 Å². The Bertz CT molecular complexity index is 588. The second kappa shape index (κ2) is 7.21. The zero-order chi connectivity index (χ0) is 17.9. The van der Waals surface area contributed by atoms with Gasteiger partial charge in [0.15, 0.2) is 0 Å². The molecule has 1 aromatic rings. The smallest absolute Gasteiger partial charge is 0.319 e. The molecule has 0 aromatic heterocycles. The van der Waals surface area contributed by atoms with Crippen LogP contribution in [0.2, 0.25) is 0 Å². The second-order valence-corrected chi connectivity index (χ2v) is 7.57. The van der Waals surface area contributed by atoms with Crippen LogP contribution in [0.5, 0.6) is 0 Å². The van der Waals surface area contributed by atoms with Crippen LogP contribution < -0.4 is 21.7 Å². The van der Waals surface area contributed by atoms with Crippen LogP contribution in [0.15, 0.2) is 24.3 Å². The van der Waals surface area contributed by atoms with Crippen LogP contribution in [0.3, 0.4) is 0 Å². The Morgan fingerprint density at radius 2 is 1.75 bits per heavy atom. The molecule has 6 heteroatoms. The van der Waals surface area contributed by atoms with Gasteiger partial charge in [-0.3, -0.25) is 4.79 Å². The molecule has 2 atom stereocenters. The fourth-order valence-corrected chi connectivity index (χ4v) is 2.22. The summed E-state index contributed by atoms with van der Waals surface area (Å²) in [6, 6.07) is 6.87. The maximum absolute atomic E-state index is 12.2. The fourth-order valence-electron chi connectivity index (χ4n) is 2.22. The molecule has 0 saturated heterocycles. The summed E-state index contributed by atoms with van der Waals surface area (Å²) in [5, 5.41) is 8.61. The Morgan fingerprint density at radius 3 is 2.25 bits per heavy atom. The van der Waals surface area contributed by atoms with E-state index < -0.39 is 6.04 Å². The number of rotatable bonds is 5. The number of urea groups is 1. The van der Waals surface area contributed by atoms with E-state index in [4.69, 9.17) is 5.73 Å². The number of nitrogens with two attached hydrogens (primary N) is 1. The molecule has 5 N–H and O–H groups in total. The highest BCUT2D eigenvalue weighted by Crippen LogP contribution is 2.21. The van der Waals surface area contributed by atoms with Gasteiger partial charge >= 0.3 is 6.03 Å². The summed E-state index contributed by atoms with van der Waals surface area (Å²) in [5.41, 5.74) is 7.37. The molecule has 0 bridgehead atoms. The van der Waals surface area contributed by atoms with E-state index in [1.807, 2.05) is 52.0 Å². The summed E-state index contributed by atoms with van der Waals surface area (Å²) in [7, 11) is 0. The van der Waals surface area contributed by atoms with Gasteiger partial charge in [0.2, 0.25) is 5.91 Å². The predicted octanol–water partition coefficient (Wildman–Crippen LogP) is 2.52. The van der Waals surface area contributed by atoms with Crippen LogP contribution in [0.4, 0.5) is 10.5 Å². The van der Waals surface area contributed by atoms with Crippen LogP contribution in [0, 0.1) is 5.41 Å². The minimum absolute atomic E-state index is 0.153. The molecule has 132 valence electrons. The molecule has 1 saturated carbocycles. The van der Waals surface area contributed by atoms with Crippen molar-refractivity contribution in [1.29, 1.82) is 0 Å². The van der Waals surface area contributed by atoms with Crippen molar-refractivity contribution in [2.45, 2.75) is 58.7 Å². The predicted molar refractivity (Wildman–Crippen MR) is 95.6 cm³/mol. The topological polar surface area (TPSA) is 96.2 Å². The Labute approximate surface area is 143 Å². The van der Waals surface area contributed by atoms with Gasteiger partial charge in [-0.25, -0.2) is 4.79 Å². The molecule has 1 aromatic carbocycles. The lowest BCUT2D eigenvalue weighted by Crippen LogP contribution is -2.49. The van der Waals surface area contributed by atoms with E-state index in [1.165, 1.54) is 0 Å². The fraction of sp³-hybridized carbons (Fsp3) is 0.556. The van der Waals surface area contributed by atoms with Gasteiger partial charge in [-0.1, -0.05) is 32.9 Å². The number of carbonyl (C=O) groups is 2. The monoisotopic (exact) mass is 332 g/mol. The number of anilines is 1. The molecule has 0 radical (unpaired) electrons. The third kappa shape index (κ3) is 5.23. The first-order valence-electron chi connectivity index (χ1n) is 8.40. The minimum atomic E-state index is -0.563. The van der Waals surface area contributed by atoms with Gasteiger partial charge in [0, 0.05) is 11.7 Å². The highest BCUT2D eigenvalue weighted by atomic mass is 16.2. The Kier molecular flexibility index (Phi) is 5.49. The summed E-state index contributed by atoms with van der Waals surface area (Å²) in [4.78, 5) is 23.9. The van der Waals surface area contributed by atoms with Crippen molar-refractivity contribution < 1.29 is 9.59 Å². The molecular weight excluding hydrogens is 304 g/mol. The summed E-state index contributed by atoms with van der Waals surface area (Å²) in [5.74, 6) is -0.166. The highest BCUT2D eigenvalue weighted by molar-refractivity contribution is 5.89. The van der Waals surface area contributed by atoms with Crippen LogP contribution in [0.25, 0.3) is 0 Å². The lowest BCUT2D eigenvalue weighted by Gasteiger charge is -2.27. The van der Waals surface area contributed by atoms with Gasteiger partial charge in [0.1, 0.15) is 0 Å². The van der Waals surface area contributed by atoms with E-state index in [1.54, 1.807) is 0 Å². The van der Waals surface area contributed by atoms with Gasteiger partial charge < -0.3 is 21.7 Å². The molecule has 1 unspecified atom stereocenters. The third-order valence-corrected chi connectivity index (χ3v) is 4.16.